The second kappa shape index (κ2) is 3.80. The van der Waals surface area contributed by atoms with Crippen molar-refractivity contribution in [2.24, 2.45) is 0 Å². The molecule has 2 nitrogen and oxygen atoms in total. The lowest BCUT2D eigenvalue weighted by molar-refractivity contribution is -0.141. The maximum atomic E-state index is 12.2. The van der Waals surface area contributed by atoms with Gasteiger partial charge in [-0.2, -0.15) is 13.2 Å². The standard InChI is InChI=1S/C7H3ClF5NO/c8-4-2(15)1-3(7(11,12)13)14-5(4)6(9)10/h1,6H,(H,14,15). The summed E-state index contributed by atoms with van der Waals surface area (Å²) in [6.07, 6.45) is -8.17. The van der Waals surface area contributed by atoms with Crippen molar-refractivity contribution >= 4 is 11.6 Å². The van der Waals surface area contributed by atoms with Gasteiger partial charge >= 0.3 is 6.18 Å². The average Bonchev–Trinajstić information content (AvgIpc) is 2.06. The largest absolute Gasteiger partial charge is 0.431 e. The van der Waals surface area contributed by atoms with Gasteiger partial charge in [0.05, 0.1) is 0 Å². The molecule has 1 N–H and O–H groups in total. The van der Waals surface area contributed by atoms with Crippen LogP contribution in [0.25, 0.3) is 0 Å². The van der Waals surface area contributed by atoms with Gasteiger partial charge in [0, 0.05) is 6.07 Å². The Morgan fingerprint density at radius 2 is 1.87 bits per heavy atom. The third-order valence-corrected chi connectivity index (χ3v) is 1.91. The molecule has 0 unspecified atom stereocenters. The van der Waals surface area contributed by atoms with Gasteiger partial charge in [0.25, 0.3) is 6.43 Å². The first kappa shape index (κ1) is 12.0. The first-order chi connectivity index (χ1) is 6.73. The summed E-state index contributed by atoms with van der Waals surface area (Å²) in [5.41, 5.74) is -4.07. The van der Waals surface area contributed by atoms with Crippen molar-refractivity contribution in [3.8, 4) is 0 Å². The Hall–Kier alpha value is -1.11. The van der Waals surface area contributed by atoms with Crippen molar-refractivity contribution in [2.45, 2.75) is 12.6 Å². The van der Waals surface area contributed by atoms with Gasteiger partial charge in [-0.05, 0) is 0 Å². The van der Waals surface area contributed by atoms with E-state index in [9.17, 15) is 26.7 Å². The molecule has 0 atom stereocenters. The van der Waals surface area contributed by atoms with Crippen molar-refractivity contribution in [2.75, 3.05) is 0 Å². The van der Waals surface area contributed by atoms with E-state index in [2.05, 4.69) is 0 Å². The summed E-state index contributed by atoms with van der Waals surface area (Å²) in [7, 11) is 0. The highest BCUT2D eigenvalue weighted by Gasteiger charge is 2.33. The van der Waals surface area contributed by atoms with E-state index in [-0.39, 0.29) is 6.07 Å². The van der Waals surface area contributed by atoms with Crippen LogP contribution < -0.4 is 5.43 Å². The molecule has 1 aromatic rings. The predicted molar refractivity (Wildman–Crippen MR) is 42.0 cm³/mol. The second-order valence-electron chi connectivity index (χ2n) is 2.57. The molecule has 0 aliphatic carbocycles. The first-order valence-corrected chi connectivity index (χ1v) is 3.89. The molecule has 8 heteroatoms. The number of aromatic nitrogens is 1. The van der Waals surface area contributed by atoms with Crippen LogP contribution in [0.5, 0.6) is 0 Å². The van der Waals surface area contributed by atoms with Crippen LogP contribution >= 0.6 is 11.6 Å². The Labute approximate surface area is 84.7 Å². The zero-order chi connectivity index (χ0) is 11.8. The molecule has 0 radical (unpaired) electrons. The molecule has 0 aliphatic rings. The number of nitrogens with one attached hydrogen (secondary N) is 1. The van der Waals surface area contributed by atoms with Gasteiger partial charge in [0.1, 0.15) is 16.4 Å². The van der Waals surface area contributed by atoms with E-state index < -0.39 is 34.4 Å². The van der Waals surface area contributed by atoms with Gasteiger partial charge in [-0.15, -0.1) is 0 Å². The normalized spacial score (nSPS) is 12.2. The smallest absolute Gasteiger partial charge is 0.349 e. The van der Waals surface area contributed by atoms with Gasteiger partial charge < -0.3 is 4.98 Å². The molecule has 0 aliphatic heterocycles. The molecule has 0 bridgehead atoms. The van der Waals surface area contributed by atoms with E-state index in [0.717, 1.165) is 0 Å². The Morgan fingerprint density at radius 1 is 1.33 bits per heavy atom. The molecule has 0 amide bonds. The summed E-state index contributed by atoms with van der Waals surface area (Å²) in [6, 6.07) is 0.133. The van der Waals surface area contributed by atoms with Crippen molar-refractivity contribution < 1.29 is 22.0 Å². The highest BCUT2D eigenvalue weighted by atomic mass is 35.5. The summed E-state index contributed by atoms with van der Waals surface area (Å²) in [5.74, 6) is 0. The molecule has 0 spiro atoms. The van der Waals surface area contributed by atoms with Gasteiger partial charge in [-0.25, -0.2) is 8.78 Å². The van der Waals surface area contributed by atoms with E-state index in [1.54, 1.807) is 0 Å². The zero-order valence-electron chi connectivity index (χ0n) is 6.83. The first-order valence-electron chi connectivity index (χ1n) is 3.51. The van der Waals surface area contributed by atoms with Gasteiger partial charge in [0.15, 0.2) is 0 Å². The number of aromatic amines is 1. The summed E-state index contributed by atoms with van der Waals surface area (Å²) in [6.45, 7) is 0. The Bertz CT molecular complexity index is 424. The van der Waals surface area contributed by atoms with E-state index in [1.807, 2.05) is 0 Å². The third kappa shape index (κ3) is 2.47. The molecule has 0 saturated carbocycles. The molecule has 84 valence electrons. The fraction of sp³-hybridized carbons (Fsp3) is 0.286. The van der Waals surface area contributed by atoms with E-state index >= 15 is 0 Å². The van der Waals surface area contributed by atoms with Crippen LogP contribution in [0.3, 0.4) is 0 Å². The maximum Gasteiger partial charge on any atom is 0.431 e. The van der Waals surface area contributed by atoms with Crippen LogP contribution in [0, 0.1) is 0 Å². The molecule has 1 heterocycles. The minimum atomic E-state index is -4.90. The molecule has 0 aromatic carbocycles. The van der Waals surface area contributed by atoms with Crippen molar-refractivity contribution in [3.63, 3.8) is 0 Å². The minimum absolute atomic E-state index is 0.133. The molecule has 15 heavy (non-hydrogen) atoms. The zero-order valence-corrected chi connectivity index (χ0v) is 7.59. The Morgan fingerprint density at radius 3 is 2.27 bits per heavy atom. The highest BCUT2D eigenvalue weighted by molar-refractivity contribution is 6.31. The fourth-order valence-corrected chi connectivity index (χ4v) is 1.05. The molecular formula is C7H3ClF5NO. The van der Waals surface area contributed by atoms with E-state index in [0.29, 0.717) is 0 Å². The van der Waals surface area contributed by atoms with Crippen LogP contribution in [-0.2, 0) is 6.18 Å². The van der Waals surface area contributed by atoms with Crippen molar-refractivity contribution in [1.29, 1.82) is 0 Å². The lowest BCUT2D eigenvalue weighted by Crippen LogP contribution is -2.16. The van der Waals surface area contributed by atoms with Gasteiger partial charge in [-0.1, -0.05) is 11.6 Å². The lowest BCUT2D eigenvalue weighted by Gasteiger charge is -2.09. The molecule has 0 fully saturated rings. The SMILES string of the molecule is O=c1cc(C(F)(F)F)[nH]c(C(F)F)c1Cl. The number of alkyl halides is 5. The topological polar surface area (TPSA) is 32.9 Å². The average molecular weight is 248 g/mol. The molecule has 1 aromatic heterocycles. The monoisotopic (exact) mass is 247 g/mol. The Kier molecular flexibility index (Phi) is 3.03. The summed E-state index contributed by atoms with van der Waals surface area (Å²) in [4.78, 5) is 12.2. The third-order valence-electron chi connectivity index (χ3n) is 1.52. The number of pyridine rings is 1. The summed E-state index contributed by atoms with van der Waals surface area (Å²) in [5, 5.41) is -0.932. The van der Waals surface area contributed by atoms with E-state index in [1.165, 1.54) is 4.98 Å². The fourth-order valence-electron chi connectivity index (χ4n) is 0.866. The summed E-state index contributed by atoms with van der Waals surface area (Å²) < 4.78 is 60.6. The van der Waals surface area contributed by atoms with Crippen LogP contribution in [0.15, 0.2) is 10.9 Å². The highest BCUT2D eigenvalue weighted by Crippen LogP contribution is 2.30. The van der Waals surface area contributed by atoms with Crippen LogP contribution in [0.2, 0.25) is 5.02 Å². The Balaban J connectivity index is 3.43. The summed E-state index contributed by atoms with van der Waals surface area (Å²) >= 11 is 5.12. The molecule has 0 saturated heterocycles. The lowest BCUT2D eigenvalue weighted by atomic mass is 10.3. The van der Waals surface area contributed by atoms with Crippen LogP contribution in [-0.4, -0.2) is 4.98 Å². The van der Waals surface area contributed by atoms with Crippen molar-refractivity contribution in [1.82, 2.24) is 4.98 Å². The molecule has 1 rings (SSSR count). The number of rotatable bonds is 1. The van der Waals surface area contributed by atoms with Gasteiger partial charge in [0.2, 0.25) is 5.43 Å². The second-order valence-corrected chi connectivity index (χ2v) is 2.95. The number of H-pyrrole nitrogens is 1. The quantitative estimate of drug-likeness (QED) is 0.761. The number of halogens is 6. The van der Waals surface area contributed by atoms with Crippen molar-refractivity contribution in [3.05, 3.63) is 32.7 Å². The van der Waals surface area contributed by atoms with E-state index in [4.69, 9.17) is 11.6 Å². The predicted octanol–water partition coefficient (Wildman–Crippen LogP) is 2.98. The van der Waals surface area contributed by atoms with Crippen LogP contribution in [0.1, 0.15) is 17.8 Å². The molecular weight excluding hydrogens is 245 g/mol. The van der Waals surface area contributed by atoms with Gasteiger partial charge in [-0.3, -0.25) is 4.79 Å². The maximum absolute atomic E-state index is 12.2. The van der Waals surface area contributed by atoms with Crippen LogP contribution in [0.4, 0.5) is 22.0 Å². The minimum Gasteiger partial charge on any atom is -0.349 e. The number of hydrogen-bond donors (Lipinski definition) is 1. The number of hydrogen-bond acceptors (Lipinski definition) is 1.